The molecule has 0 bridgehead atoms. The maximum absolute atomic E-state index is 6.09. The van der Waals surface area contributed by atoms with Crippen molar-refractivity contribution in [3.8, 4) is 0 Å². The third kappa shape index (κ3) is 2.56. The SMILES string of the molecule is CC(c1cccs1)N(C)C1(CN)CCCCC1. The minimum absolute atomic E-state index is 0.238. The van der Waals surface area contributed by atoms with Gasteiger partial charge >= 0.3 is 0 Å². The lowest BCUT2D eigenvalue weighted by molar-refractivity contribution is 0.0503. The largest absolute Gasteiger partial charge is 0.329 e. The molecule has 3 heteroatoms. The van der Waals surface area contributed by atoms with E-state index in [4.69, 9.17) is 5.73 Å². The van der Waals surface area contributed by atoms with E-state index in [9.17, 15) is 0 Å². The zero-order valence-electron chi connectivity index (χ0n) is 11.0. The van der Waals surface area contributed by atoms with Crippen LogP contribution >= 0.6 is 11.3 Å². The molecule has 2 rings (SSSR count). The molecule has 1 fully saturated rings. The summed E-state index contributed by atoms with van der Waals surface area (Å²) in [5.41, 5.74) is 6.33. The van der Waals surface area contributed by atoms with Gasteiger partial charge in [-0.05, 0) is 38.3 Å². The van der Waals surface area contributed by atoms with E-state index < -0.39 is 0 Å². The van der Waals surface area contributed by atoms with E-state index in [2.05, 4.69) is 36.4 Å². The monoisotopic (exact) mass is 252 g/mol. The fourth-order valence-corrected chi connectivity index (χ4v) is 3.87. The smallest absolute Gasteiger partial charge is 0.0416 e. The van der Waals surface area contributed by atoms with Gasteiger partial charge in [-0.3, -0.25) is 4.90 Å². The Balaban J connectivity index is 2.13. The third-order valence-corrected chi connectivity index (χ3v) is 5.49. The first kappa shape index (κ1) is 13.1. The van der Waals surface area contributed by atoms with Crippen LogP contribution in [-0.2, 0) is 0 Å². The maximum Gasteiger partial charge on any atom is 0.0416 e. The van der Waals surface area contributed by atoms with E-state index >= 15 is 0 Å². The number of rotatable bonds is 4. The van der Waals surface area contributed by atoms with Crippen LogP contribution in [0.2, 0.25) is 0 Å². The van der Waals surface area contributed by atoms with Gasteiger partial charge in [0.05, 0.1) is 0 Å². The highest BCUT2D eigenvalue weighted by Gasteiger charge is 2.37. The Morgan fingerprint density at radius 3 is 2.65 bits per heavy atom. The Morgan fingerprint density at radius 1 is 1.41 bits per heavy atom. The first-order chi connectivity index (χ1) is 8.19. The molecular formula is C14H24N2S. The van der Waals surface area contributed by atoms with Crippen LogP contribution in [0, 0.1) is 0 Å². The molecule has 0 spiro atoms. The molecule has 1 aliphatic rings. The van der Waals surface area contributed by atoms with Crippen LogP contribution in [-0.4, -0.2) is 24.0 Å². The van der Waals surface area contributed by atoms with Gasteiger partial charge in [-0.2, -0.15) is 0 Å². The molecule has 96 valence electrons. The van der Waals surface area contributed by atoms with Gasteiger partial charge in [0.15, 0.2) is 0 Å². The van der Waals surface area contributed by atoms with Gasteiger partial charge in [-0.25, -0.2) is 0 Å². The van der Waals surface area contributed by atoms with Crippen LogP contribution in [0.5, 0.6) is 0 Å². The van der Waals surface area contributed by atoms with Crippen LogP contribution in [0.3, 0.4) is 0 Å². The highest BCUT2D eigenvalue weighted by Crippen LogP contribution is 2.37. The molecule has 1 aromatic heterocycles. The van der Waals surface area contributed by atoms with E-state index in [1.54, 1.807) is 0 Å². The first-order valence-electron chi connectivity index (χ1n) is 6.66. The van der Waals surface area contributed by atoms with Gasteiger partial charge in [-0.15, -0.1) is 11.3 Å². The van der Waals surface area contributed by atoms with Crippen LogP contribution in [0.25, 0.3) is 0 Å². The molecule has 1 saturated carbocycles. The number of likely N-dealkylation sites (N-methyl/N-ethyl adjacent to an activating group) is 1. The molecule has 0 saturated heterocycles. The third-order valence-electron chi connectivity index (χ3n) is 4.45. The summed E-state index contributed by atoms with van der Waals surface area (Å²) in [4.78, 5) is 3.98. The minimum atomic E-state index is 0.238. The average molecular weight is 252 g/mol. The molecule has 0 aliphatic heterocycles. The zero-order valence-corrected chi connectivity index (χ0v) is 11.8. The highest BCUT2D eigenvalue weighted by atomic mass is 32.1. The molecule has 17 heavy (non-hydrogen) atoms. The van der Waals surface area contributed by atoms with Crippen molar-refractivity contribution >= 4 is 11.3 Å². The maximum atomic E-state index is 6.09. The van der Waals surface area contributed by atoms with Crippen molar-refractivity contribution in [3.05, 3.63) is 22.4 Å². The first-order valence-corrected chi connectivity index (χ1v) is 7.54. The van der Waals surface area contributed by atoms with Crippen molar-refractivity contribution in [2.24, 2.45) is 5.73 Å². The Morgan fingerprint density at radius 2 is 2.12 bits per heavy atom. The van der Waals surface area contributed by atoms with Crippen molar-refractivity contribution in [2.75, 3.05) is 13.6 Å². The summed E-state index contributed by atoms with van der Waals surface area (Å²) in [7, 11) is 2.25. The predicted octanol–water partition coefficient (Wildman–Crippen LogP) is 3.40. The summed E-state index contributed by atoms with van der Waals surface area (Å²) >= 11 is 1.85. The van der Waals surface area contributed by atoms with E-state index in [1.807, 2.05) is 11.3 Å². The summed E-state index contributed by atoms with van der Waals surface area (Å²) < 4.78 is 0. The van der Waals surface area contributed by atoms with Crippen molar-refractivity contribution < 1.29 is 0 Å². The average Bonchev–Trinajstić information content (AvgIpc) is 2.91. The van der Waals surface area contributed by atoms with Gasteiger partial charge in [0.2, 0.25) is 0 Å². The number of hydrogen-bond acceptors (Lipinski definition) is 3. The van der Waals surface area contributed by atoms with Gasteiger partial charge in [0.25, 0.3) is 0 Å². The Kier molecular flexibility index (Phi) is 4.23. The molecule has 0 aromatic carbocycles. The number of nitrogens with zero attached hydrogens (tertiary/aromatic N) is 1. The molecular weight excluding hydrogens is 228 g/mol. The molecule has 0 radical (unpaired) electrons. The fourth-order valence-electron chi connectivity index (χ4n) is 3.04. The second kappa shape index (κ2) is 5.51. The molecule has 1 heterocycles. The number of nitrogens with two attached hydrogens (primary N) is 1. The predicted molar refractivity (Wildman–Crippen MR) is 75.4 cm³/mol. The summed E-state index contributed by atoms with van der Waals surface area (Å²) in [5.74, 6) is 0. The van der Waals surface area contributed by atoms with Gasteiger partial charge < -0.3 is 5.73 Å². The van der Waals surface area contributed by atoms with Crippen LogP contribution in [0.4, 0.5) is 0 Å². The quantitative estimate of drug-likeness (QED) is 0.890. The number of thiophene rings is 1. The lowest BCUT2D eigenvalue weighted by Gasteiger charge is -2.46. The number of hydrogen-bond donors (Lipinski definition) is 1. The lowest BCUT2D eigenvalue weighted by Crippen LogP contribution is -2.53. The second-order valence-corrected chi connectivity index (χ2v) is 6.27. The Bertz CT molecular complexity index is 328. The molecule has 1 aromatic rings. The zero-order chi connectivity index (χ0) is 12.3. The van der Waals surface area contributed by atoms with Crippen molar-refractivity contribution in [3.63, 3.8) is 0 Å². The van der Waals surface area contributed by atoms with E-state index in [0.29, 0.717) is 6.04 Å². The molecule has 1 aliphatic carbocycles. The standard InChI is InChI=1S/C14H24N2S/c1-12(13-7-6-10-17-13)16(2)14(11-15)8-4-3-5-9-14/h6-7,10,12H,3-5,8-9,11,15H2,1-2H3. The van der Waals surface area contributed by atoms with Gasteiger partial charge in [0, 0.05) is 23.0 Å². The molecule has 1 atom stereocenters. The van der Waals surface area contributed by atoms with Crippen molar-refractivity contribution in [2.45, 2.75) is 50.6 Å². The van der Waals surface area contributed by atoms with Crippen LogP contribution in [0.1, 0.15) is 49.9 Å². The Hall–Kier alpha value is -0.380. The summed E-state index contributed by atoms with van der Waals surface area (Å²) in [6.07, 6.45) is 6.56. The Labute approximate surface area is 109 Å². The fraction of sp³-hybridized carbons (Fsp3) is 0.714. The van der Waals surface area contributed by atoms with Gasteiger partial charge in [0.1, 0.15) is 0 Å². The van der Waals surface area contributed by atoms with Crippen LogP contribution in [0.15, 0.2) is 17.5 Å². The van der Waals surface area contributed by atoms with E-state index in [1.165, 1.54) is 37.0 Å². The van der Waals surface area contributed by atoms with E-state index in [0.717, 1.165) is 6.54 Å². The summed E-state index contributed by atoms with van der Waals surface area (Å²) in [6, 6.07) is 4.86. The topological polar surface area (TPSA) is 29.3 Å². The van der Waals surface area contributed by atoms with Crippen molar-refractivity contribution in [1.82, 2.24) is 4.90 Å². The molecule has 0 amide bonds. The highest BCUT2D eigenvalue weighted by molar-refractivity contribution is 7.10. The van der Waals surface area contributed by atoms with Crippen molar-refractivity contribution in [1.29, 1.82) is 0 Å². The molecule has 1 unspecified atom stereocenters. The molecule has 2 N–H and O–H groups in total. The minimum Gasteiger partial charge on any atom is -0.329 e. The molecule has 2 nitrogen and oxygen atoms in total. The van der Waals surface area contributed by atoms with Gasteiger partial charge in [-0.1, -0.05) is 25.3 Å². The van der Waals surface area contributed by atoms with E-state index in [-0.39, 0.29) is 5.54 Å². The second-order valence-electron chi connectivity index (χ2n) is 5.29. The lowest BCUT2D eigenvalue weighted by atomic mass is 9.79. The van der Waals surface area contributed by atoms with Crippen LogP contribution < -0.4 is 5.73 Å². The normalized spacial score (nSPS) is 21.6. The summed E-state index contributed by atoms with van der Waals surface area (Å²) in [5, 5.41) is 2.16. The summed E-state index contributed by atoms with van der Waals surface area (Å²) in [6.45, 7) is 3.09.